The van der Waals surface area contributed by atoms with E-state index in [2.05, 4.69) is 10.3 Å². The van der Waals surface area contributed by atoms with Gasteiger partial charge in [0.05, 0.1) is 19.9 Å². The number of nitrogens with one attached hydrogen (secondary N) is 2. The number of H-pyrrole nitrogens is 1. The number of hydrogen-bond acceptors (Lipinski definition) is 4. The van der Waals surface area contributed by atoms with Gasteiger partial charge in [0.25, 0.3) is 5.91 Å². The van der Waals surface area contributed by atoms with E-state index < -0.39 is 5.91 Å². The summed E-state index contributed by atoms with van der Waals surface area (Å²) in [5.74, 6) is 0.559. The zero-order chi connectivity index (χ0) is 15.4. The number of methoxy groups -OCH3 is 2. The van der Waals surface area contributed by atoms with Gasteiger partial charge in [-0.3, -0.25) is 9.59 Å². The number of hydrogen-bond donors (Lipinski definition) is 2. The van der Waals surface area contributed by atoms with Gasteiger partial charge in [-0.2, -0.15) is 0 Å². The minimum Gasteiger partial charge on any atom is -0.497 e. The summed E-state index contributed by atoms with van der Waals surface area (Å²) in [6, 6.07) is 6.37. The van der Waals surface area contributed by atoms with Crippen LogP contribution in [-0.2, 0) is 0 Å². The first-order valence-electron chi connectivity index (χ1n) is 6.28. The molecular formula is C15H16N2O4. The van der Waals surface area contributed by atoms with Gasteiger partial charge in [-0.05, 0) is 19.1 Å². The van der Waals surface area contributed by atoms with Gasteiger partial charge in [0.1, 0.15) is 17.1 Å². The number of carbonyl (C=O) groups excluding carboxylic acids is 1. The van der Waals surface area contributed by atoms with Crippen LogP contribution in [0.5, 0.6) is 11.5 Å². The second-order valence-corrected chi connectivity index (χ2v) is 4.41. The Balaban J connectivity index is 2.29. The highest BCUT2D eigenvalue weighted by atomic mass is 16.5. The highest BCUT2D eigenvalue weighted by Gasteiger charge is 2.13. The maximum absolute atomic E-state index is 12.2. The lowest BCUT2D eigenvalue weighted by molar-refractivity contribution is 0.102. The SMILES string of the molecule is COc1ccc(NC(=O)c2c[nH]c(C)cc2=O)c(OC)c1. The molecule has 110 valence electrons. The Labute approximate surface area is 121 Å². The molecule has 0 saturated heterocycles. The molecule has 0 unspecified atom stereocenters. The molecule has 0 aliphatic carbocycles. The van der Waals surface area contributed by atoms with Crippen LogP contribution >= 0.6 is 0 Å². The van der Waals surface area contributed by atoms with Crippen LogP contribution in [0, 0.1) is 6.92 Å². The molecule has 0 radical (unpaired) electrons. The van der Waals surface area contributed by atoms with Crippen LogP contribution in [0.15, 0.2) is 35.3 Å². The van der Waals surface area contributed by atoms with Crippen LogP contribution in [0.3, 0.4) is 0 Å². The predicted octanol–water partition coefficient (Wildman–Crippen LogP) is 1.95. The van der Waals surface area contributed by atoms with Crippen molar-refractivity contribution in [2.75, 3.05) is 19.5 Å². The fourth-order valence-corrected chi connectivity index (χ4v) is 1.84. The second kappa shape index (κ2) is 6.13. The van der Waals surface area contributed by atoms with Crippen molar-refractivity contribution in [3.63, 3.8) is 0 Å². The molecule has 6 heteroatoms. The van der Waals surface area contributed by atoms with Crippen LogP contribution < -0.4 is 20.2 Å². The summed E-state index contributed by atoms with van der Waals surface area (Å²) < 4.78 is 10.3. The summed E-state index contributed by atoms with van der Waals surface area (Å²) in [5.41, 5.74) is 0.858. The first-order valence-corrected chi connectivity index (χ1v) is 6.28. The van der Waals surface area contributed by atoms with Gasteiger partial charge in [0, 0.05) is 24.0 Å². The Kier molecular flexibility index (Phi) is 4.27. The largest absolute Gasteiger partial charge is 0.497 e. The number of amides is 1. The molecule has 0 bridgehead atoms. The Morgan fingerprint density at radius 3 is 2.57 bits per heavy atom. The number of aromatic nitrogens is 1. The highest BCUT2D eigenvalue weighted by Crippen LogP contribution is 2.29. The second-order valence-electron chi connectivity index (χ2n) is 4.41. The summed E-state index contributed by atoms with van der Waals surface area (Å²) >= 11 is 0. The summed E-state index contributed by atoms with van der Waals surface area (Å²) in [6.45, 7) is 1.75. The highest BCUT2D eigenvalue weighted by molar-refractivity contribution is 6.04. The summed E-state index contributed by atoms with van der Waals surface area (Å²) in [5, 5.41) is 2.65. The third-order valence-corrected chi connectivity index (χ3v) is 2.96. The van der Waals surface area contributed by atoms with E-state index >= 15 is 0 Å². The number of benzene rings is 1. The van der Waals surface area contributed by atoms with Gasteiger partial charge in [0.2, 0.25) is 0 Å². The third-order valence-electron chi connectivity index (χ3n) is 2.96. The molecular weight excluding hydrogens is 272 g/mol. The van der Waals surface area contributed by atoms with Crippen molar-refractivity contribution in [2.24, 2.45) is 0 Å². The van der Waals surface area contributed by atoms with Gasteiger partial charge in [-0.25, -0.2) is 0 Å². The lowest BCUT2D eigenvalue weighted by Gasteiger charge is -2.11. The van der Waals surface area contributed by atoms with Crippen molar-refractivity contribution >= 4 is 11.6 Å². The molecule has 6 nitrogen and oxygen atoms in total. The molecule has 2 aromatic rings. The van der Waals surface area contributed by atoms with Crippen molar-refractivity contribution in [1.82, 2.24) is 4.98 Å². The van der Waals surface area contributed by atoms with Gasteiger partial charge in [-0.1, -0.05) is 0 Å². The average molecular weight is 288 g/mol. The van der Waals surface area contributed by atoms with E-state index in [1.807, 2.05) is 0 Å². The molecule has 0 spiro atoms. The van der Waals surface area contributed by atoms with Gasteiger partial charge >= 0.3 is 0 Å². The zero-order valence-electron chi connectivity index (χ0n) is 12.0. The molecule has 0 atom stereocenters. The first kappa shape index (κ1) is 14.6. The van der Waals surface area contributed by atoms with Crippen molar-refractivity contribution in [2.45, 2.75) is 6.92 Å². The minimum absolute atomic E-state index is 0.0403. The molecule has 0 aliphatic rings. The van der Waals surface area contributed by atoms with E-state index in [4.69, 9.17) is 9.47 Å². The van der Waals surface area contributed by atoms with E-state index in [1.54, 1.807) is 32.2 Å². The molecule has 1 aromatic carbocycles. The molecule has 1 aromatic heterocycles. The molecule has 1 amide bonds. The number of anilines is 1. The molecule has 1 heterocycles. The van der Waals surface area contributed by atoms with Crippen molar-refractivity contribution < 1.29 is 14.3 Å². The molecule has 2 rings (SSSR count). The van der Waals surface area contributed by atoms with Gasteiger partial charge < -0.3 is 19.8 Å². The fraction of sp³-hybridized carbons (Fsp3) is 0.200. The van der Waals surface area contributed by atoms with E-state index in [0.717, 1.165) is 0 Å². The van der Waals surface area contributed by atoms with Crippen LogP contribution in [-0.4, -0.2) is 25.1 Å². The van der Waals surface area contributed by atoms with E-state index in [0.29, 0.717) is 22.9 Å². The van der Waals surface area contributed by atoms with E-state index in [-0.39, 0.29) is 11.0 Å². The predicted molar refractivity (Wildman–Crippen MR) is 79.3 cm³/mol. The number of carbonyl (C=O) groups is 1. The van der Waals surface area contributed by atoms with Crippen LogP contribution in [0.4, 0.5) is 5.69 Å². The Hall–Kier alpha value is -2.76. The lowest BCUT2D eigenvalue weighted by atomic mass is 10.2. The lowest BCUT2D eigenvalue weighted by Crippen LogP contribution is -2.21. The first-order chi connectivity index (χ1) is 10.0. The van der Waals surface area contributed by atoms with Crippen LogP contribution in [0.25, 0.3) is 0 Å². The normalized spacial score (nSPS) is 10.0. The Morgan fingerprint density at radius 2 is 1.95 bits per heavy atom. The van der Waals surface area contributed by atoms with Crippen molar-refractivity contribution in [3.8, 4) is 11.5 Å². The Bertz CT molecular complexity index is 722. The number of rotatable bonds is 4. The molecule has 0 fully saturated rings. The van der Waals surface area contributed by atoms with Gasteiger partial charge in [-0.15, -0.1) is 0 Å². The number of ether oxygens (including phenoxy) is 2. The minimum atomic E-state index is -0.500. The standard InChI is InChI=1S/C15H16N2O4/c1-9-6-13(18)11(8-16-9)15(19)17-12-5-4-10(20-2)7-14(12)21-3/h4-8H,1-3H3,(H,16,18)(H,17,19). The zero-order valence-corrected chi connectivity index (χ0v) is 12.0. The average Bonchev–Trinajstić information content (AvgIpc) is 2.47. The van der Waals surface area contributed by atoms with E-state index in [9.17, 15) is 9.59 Å². The number of pyridine rings is 1. The van der Waals surface area contributed by atoms with Crippen LogP contribution in [0.1, 0.15) is 16.1 Å². The van der Waals surface area contributed by atoms with Crippen molar-refractivity contribution in [1.29, 1.82) is 0 Å². The van der Waals surface area contributed by atoms with Crippen LogP contribution in [0.2, 0.25) is 0 Å². The monoisotopic (exact) mass is 288 g/mol. The molecule has 21 heavy (non-hydrogen) atoms. The summed E-state index contributed by atoms with van der Waals surface area (Å²) in [7, 11) is 3.03. The smallest absolute Gasteiger partial charge is 0.261 e. The number of aromatic amines is 1. The van der Waals surface area contributed by atoms with Crippen molar-refractivity contribution in [3.05, 3.63) is 51.9 Å². The molecule has 0 aliphatic heterocycles. The third kappa shape index (κ3) is 3.22. The number of aryl methyl sites for hydroxylation is 1. The van der Waals surface area contributed by atoms with Gasteiger partial charge in [0.15, 0.2) is 5.43 Å². The Morgan fingerprint density at radius 1 is 1.19 bits per heavy atom. The summed E-state index contributed by atoms with van der Waals surface area (Å²) in [4.78, 5) is 26.8. The topological polar surface area (TPSA) is 80.4 Å². The fourth-order valence-electron chi connectivity index (χ4n) is 1.84. The maximum Gasteiger partial charge on any atom is 0.261 e. The quantitative estimate of drug-likeness (QED) is 0.901. The summed E-state index contributed by atoms with van der Waals surface area (Å²) in [6.07, 6.45) is 1.39. The maximum atomic E-state index is 12.2. The van der Waals surface area contributed by atoms with E-state index in [1.165, 1.54) is 19.4 Å². The molecule has 2 N–H and O–H groups in total. The molecule has 0 saturated carbocycles.